The van der Waals surface area contributed by atoms with E-state index in [1.807, 2.05) is 24.3 Å². The molecule has 4 atom stereocenters. The normalized spacial score (nSPS) is 25.8. The highest BCUT2D eigenvalue weighted by atomic mass is 16.5. The molecule has 4 heteroatoms. The van der Waals surface area contributed by atoms with Crippen molar-refractivity contribution >= 4 is 5.97 Å². The largest absolute Gasteiger partial charge is 0.487 e. The third-order valence-corrected chi connectivity index (χ3v) is 7.08. The molecule has 0 radical (unpaired) electrons. The van der Waals surface area contributed by atoms with E-state index in [4.69, 9.17) is 9.47 Å². The number of fused-ring (bicyclic) bond motifs is 3. The maximum Gasteiger partial charge on any atom is 0.335 e. The van der Waals surface area contributed by atoms with Crippen LogP contribution in [0.2, 0.25) is 0 Å². The van der Waals surface area contributed by atoms with Gasteiger partial charge in [-0.1, -0.05) is 48.5 Å². The lowest BCUT2D eigenvalue weighted by atomic mass is 9.70. The summed E-state index contributed by atoms with van der Waals surface area (Å²) in [6.07, 6.45) is 1.06. The monoisotopic (exact) mass is 428 g/mol. The maximum atomic E-state index is 11.2. The Morgan fingerprint density at radius 1 is 0.969 bits per heavy atom. The number of hydrogen-bond acceptors (Lipinski definition) is 3. The summed E-state index contributed by atoms with van der Waals surface area (Å²) in [7, 11) is 0. The molecule has 0 aromatic heterocycles. The summed E-state index contributed by atoms with van der Waals surface area (Å²) in [4.78, 5) is 11.2. The van der Waals surface area contributed by atoms with Crippen molar-refractivity contribution in [2.24, 2.45) is 5.92 Å². The minimum absolute atomic E-state index is 0.0399. The lowest BCUT2D eigenvalue weighted by Gasteiger charge is -2.50. The fourth-order valence-corrected chi connectivity index (χ4v) is 5.26. The molecule has 0 bridgehead atoms. The average Bonchev–Trinajstić information content (AvgIpc) is 2.79. The number of carbonyl (C=O) groups is 1. The number of rotatable bonds is 3. The van der Waals surface area contributed by atoms with Crippen molar-refractivity contribution in [3.63, 3.8) is 0 Å². The molecule has 1 saturated heterocycles. The summed E-state index contributed by atoms with van der Waals surface area (Å²) in [6.45, 7) is 6.49. The molecule has 1 N–H and O–H groups in total. The topological polar surface area (TPSA) is 55.8 Å². The lowest BCUT2D eigenvalue weighted by Crippen LogP contribution is -2.50. The molecule has 3 aromatic carbocycles. The van der Waals surface area contributed by atoms with Gasteiger partial charge in [-0.2, -0.15) is 0 Å². The number of aromatic carboxylic acids is 1. The number of hydrogen-bond donors (Lipinski definition) is 1. The molecule has 3 aromatic rings. The van der Waals surface area contributed by atoms with Crippen molar-refractivity contribution in [1.82, 2.24) is 0 Å². The third-order valence-electron chi connectivity index (χ3n) is 7.08. The predicted octanol–water partition coefficient (Wildman–Crippen LogP) is 6.47. The molecule has 0 saturated carbocycles. The first kappa shape index (κ1) is 20.8. The van der Waals surface area contributed by atoms with Gasteiger partial charge in [0.25, 0.3) is 0 Å². The molecule has 0 spiro atoms. The quantitative estimate of drug-likeness (QED) is 0.519. The fraction of sp³-hybridized carbons (Fsp3) is 0.321. The van der Waals surface area contributed by atoms with Crippen LogP contribution in [0.1, 0.15) is 60.7 Å². The van der Waals surface area contributed by atoms with Crippen LogP contribution in [0.5, 0.6) is 5.75 Å². The van der Waals surface area contributed by atoms with Gasteiger partial charge in [0.2, 0.25) is 0 Å². The second-order valence-corrected chi connectivity index (χ2v) is 9.46. The van der Waals surface area contributed by atoms with Crippen LogP contribution in [-0.2, 0) is 4.74 Å². The molecule has 1 fully saturated rings. The van der Waals surface area contributed by atoms with Crippen LogP contribution in [-0.4, -0.2) is 22.8 Å². The lowest BCUT2D eigenvalue weighted by molar-refractivity contribution is -0.153. The van der Waals surface area contributed by atoms with Gasteiger partial charge in [-0.3, -0.25) is 0 Å². The molecular weight excluding hydrogens is 400 g/mol. The number of ether oxygens (including phenoxy) is 2. The van der Waals surface area contributed by atoms with Crippen LogP contribution in [0.25, 0.3) is 11.1 Å². The average molecular weight is 429 g/mol. The van der Waals surface area contributed by atoms with Crippen LogP contribution in [0.4, 0.5) is 0 Å². The molecule has 4 nitrogen and oxygen atoms in total. The van der Waals surface area contributed by atoms with Crippen LogP contribution < -0.4 is 4.74 Å². The Morgan fingerprint density at radius 2 is 1.66 bits per heavy atom. The van der Waals surface area contributed by atoms with E-state index in [9.17, 15) is 9.90 Å². The summed E-state index contributed by atoms with van der Waals surface area (Å²) in [5, 5.41) is 9.18. The highest BCUT2D eigenvalue weighted by Crippen LogP contribution is 2.54. The zero-order valence-electron chi connectivity index (χ0n) is 18.6. The zero-order chi connectivity index (χ0) is 22.5. The van der Waals surface area contributed by atoms with E-state index in [0.717, 1.165) is 28.9 Å². The zero-order valence-corrected chi connectivity index (χ0v) is 18.6. The Kier molecular flexibility index (Phi) is 5.06. The summed E-state index contributed by atoms with van der Waals surface area (Å²) < 4.78 is 13.2. The van der Waals surface area contributed by atoms with Crippen molar-refractivity contribution in [2.75, 3.05) is 0 Å². The predicted molar refractivity (Wildman–Crippen MR) is 124 cm³/mol. The van der Waals surface area contributed by atoms with Crippen LogP contribution >= 0.6 is 0 Å². The van der Waals surface area contributed by atoms with Crippen LogP contribution in [0.15, 0.2) is 72.8 Å². The number of carboxylic acid groups (broad SMARTS) is 1. The van der Waals surface area contributed by atoms with Crippen molar-refractivity contribution < 1.29 is 19.4 Å². The van der Waals surface area contributed by atoms with Gasteiger partial charge in [0.15, 0.2) is 0 Å². The van der Waals surface area contributed by atoms with Gasteiger partial charge in [-0.05, 0) is 68.1 Å². The number of carboxylic acids is 1. The molecular formula is C28H28O4. The fourth-order valence-electron chi connectivity index (χ4n) is 5.26. The van der Waals surface area contributed by atoms with E-state index in [0.29, 0.717) is 5.92 Å². The Morgan fingerprint density at radius 3 is 2.34 bits per heavy atom. The van der Waals surface area contributed by atoms with Crippen molar-refractivity contribution in [2.45, 2.75) is 50.9 Å². The summed E-state index contributed by atoms with van der Waals surface area (Å²) in [5.41, 5.74) is 4.35. The van der Waals surface area contributed by atoms with E-state index in [-0.39, 0.29) is 29.3 Å². The smallest absolute Gasteiger partial charge is 0.335 e. The van der Waals surface area contributed by atoms with Gasteiger partial charge in [0.1, 0.15) is 11.4 Å². The molecule has 2 aliphatic rings. The van der Waals surface area contributed by atoms with Crippen LogP contribution in [0.3, 0.4) is 0 Å². The van der Waals surface area contributed by atoms with Gasteiger partial charge >= 0.3 is 5.97 Å². The summed E-state index contributed by atoms with van der Waals surface area (Å²) >= 11 is 0. The molecule has 2 heterocycles. The molecule has 2 aliphatic heterocycles. The standard InChI is InChI=1S/C28H28O4/c1-17-22(19-7-5-4-6-8-19)16-24-26(31-17)23-15-21(13-14-25(23)32-28(24,2)3)18-9-11-20(12-10-18)27(29)30/h4-15,17,22,24,26H,16H2,1-3H3,(H,29,30)/t17-,22-,24-,26+/m0/s1. The first-order chi connectivity index (χ1) is 15.3. The summed E-state index contributed by atoms with van der Waals surface area (Å²) in [6, 6.07) is 23.8. The van der Waals surface area contributed by atoms with Crippen molar-refractivity contribution in [3.8, 4) is 16.9 Å². The first-order valence-corrected chi connectivity index (χ1v) is 11.2. The van der Waals surface area contributed by atoms with E-state index in [1.165, 1.54) is 5.56 Å². The second kappa shape index (κ2) is 7.79. The molecule has 0 unspecified atom stereocenters. The molecule has 32 heavy (non-hydrogen) atoms. The maximum absolute atomic E-state index is 11.2. The van der Waals surface area contributed by atoms with E-state index in [1.54, 1.807) is 12.1 Å². The molecule has 164 valence electrons. The molecule has 0 aliphatic carbocycles. The molecule has 5 rings (SSSR count). The van der Waals surface area contributed by atoms with Gasteiger partial charge in [-0.25, -0.2) is 4.79 Å². The Hall–Kier alpha value is -3.11. The Balaban J connectivity index is 1.50. The highest BCUT2D eigenvalue weighted by molar-refractivity contribution is 5.88. The van der Waals surface area contributed by atoms with E-state index < -0.39 is 5.97 Å². The first-order valence-electron chi connectivity index (χ1n) is 11.2. The molecule has 0 amide bonds. The van der Waals surface area contributed by atoms with Crippen molar-refractivity contribution in [1.29, 1.82) is 0 Å². The minimum Gasteiger partial charge on any atom is -0.487 e. The van der Waals surface area contributed by atoms with Gasteiger partial charge in [0, 0.05) is 17.4 Å². The van der Waals surface area contributed by atoms with E-state index in [2.05, 4.69) is 57.2 Å². The Labute approximate surface area is 188 Å². The Bertz CT molecular complexity index is 1130. The third kappa shape index (κ3) is 3.59. The van der Waals surface area contributed by atoms with Gasteiger partial charge < -0.3 is 14.6 Å². The number of benzene rings is 3. The summed E-state index contributed by atoms with van der Waals surface area (Å²) in [5.74, 6) is 0.500. The SMILES string of the molecule is C[C@@H]1O[C@@H]2c3cc(-c4ccc(C(=O)O)cc4)ccc3OC(C)(C)[C@H]2C[C@@H]1c1ccccc1. The van der Waals surface area contributed by atoms with Crippen LogP contribution in [0, 0.1) is 5.92 Å². The highest BCUT2D eigenvalue weighted by Gasteiger charge is 2.49. The minimum atomic E-state index is -0.918. The van der Waals surface area contributed by atoms with Crippen molar-refractivity contribution in [3.05, 3.63) is 89.5 Å². The van der Waals surface area contributed by atoms with Gasteiger partial charge in [0.05, 0.1) is 17.8 Å². The van der Waals surface area contributed by atoms with E-state index >= 15 is 0 Å². The second-order valence-electron chi connectivity index (χ2n) is 9.46. The van der Waals surface area contributed by atoms with Gasteiger partial charge in [-0.15, -0.1) is 0 Å².